The van der Waals surface area contributed by atoms with Gasteiger partial charge >= 0.3 is 5.97 Å². The maximum absolute atomic E-state index is 14.7. The van der Waals surface area contributed by atoms with Crippen LogP contribution in [0.15, 0.2) is 34.9 Å². The minimum Gasteiger partial charge on any atom is -0.469 e. The second kappa shape index (κ2) is 16.7. The fraction of sp³-hybridized carbons (Fsp3) is 0.767. The van der Waals surface area contributed by atoms with E-state index in [0.717, 1.165) is 42.4 Å². The van der Waals surface area contributed by atoms with E-state index in [4.69, 9.17) is 14.2 Å². The molecule has 4 aliphatic rings. The second-order valence-corrected chi connectivity index (χ2v) is 17.3. The van der Waals surface area contributed by atoms with E-state index in [1.807, 2.05) is 53.7 Å². The summed E-state index contributed by atoms with van der Waals surface area (Å²) in [5.74, 6) is -3.22. The predicted molar refractivity (Wildman–Crippen MR) is 199 cm³/mol. The molecule has 8 nitrogen and oxygen atoms in total. The van der Waals surface area contributed by atoms with Crippen molar-refractivity contribution in [2.24, 2.45) is 40.9 Å². The van der Waals surface area contributed by atoms with Gasteiger partial charge in [-0.1, -0.05) is 69.9 Å². The van der Waals surface area contributed by atoms with Crippen molar-refractivity contribution in [3.05, 3.63) is 34.9 Å². The number of ketones is 3. The van der Waals surface area contributed by atoms with Gasteiger partial charge in [-0.3, -0.25) is 19.2 Å². The summed E-state index contributed by atoms with van der Waals surface area (Å²) in [6, 6.07) is 0. The standard InChI is InChI=1S/C43H66O8/c1-11-50-42(9)20-18-38-41(8,48)19-17-31-30(7)23-34-36(45)22-27(4)13-12-14-29(6)35(44)24-32(26(2)3)37(46)25-43(34,40(47)49-10)33(31)21-28(5)15-16-39(42)51-38/h17,21,23,26-27,29,32-34,38-39,48H,11-16,18-20,22,24-25H2,1-10H3. The molecule has 4 rings (SSSR count). The molecule has 0 aromatic heterocycles. The average molecular weight is 711 g/mol. The molecule has 2 bridgehead atoms. The minimum absolute atomic E-state index is 0.0468. The van der Waals surface area contributed by atoms with E-state index in [1.54, 1.807) is 6.92 Å². The third-order valence-corrected chi connectivity index (χ3v) is 12.8. The zero-order valence-electron chi connectivity index (χ0n) is 33.1. The van der Waals surface area contributed by atoms with Gasteiger partial charge in [-0.15, -0.1) is 0 Å². The highest BCUT2D eigenvalue weighted by Crippen LogP contribution is 2.54. The zero-order valence-corrected chi connectivity index (χ0v) is 33.1. The number of ether oxygens (including phenoxy) is 3. The molecular formula is C43H66O8. The summed E-state index contributed by atoms with van der Waals surface area (Å²) >= 11 is 0. The van der Waals surface area contributed by atoms with Gasteiger partial charge in [0.2, 0.25) is 0 Å². The Morgan fingerprint density at radius 1 is 0.961 bits per heavy atom. The molecule has 51 heavy (non-hydrogen) atoms. The second-order valence-electron chi connectivity index (χ2n) is 17.3. The Labute approximate surface area is 307 Å². The first-order valence-electron chi connectivity index (χ1n) is 19.6. The molecule has 2 heterocycles. The van der Waals surface area contributed by atoms with Crippen LogP contribution in [-0.2, 0) is 33.4 Å². The topological polar surface area (TPSA) is 116 Å². The molecule has 8 heteroatoms. The summed E-state index contributed by atoms with van der Waals surface area (Å²) in [6.07, 6.45) is 10.7. The molecule has 10 unspecified atom stereocenters. The lowest BCUT2D eigenvalue weighted by atomic mass is 9.54. The molecule has 1 saturated carbocycles. The fourth-order valence-electron chi connectivity index (χ4n) is 9.41. The summed E-state index contributed by atoms with van der Waals surface area (Å²) in [6.45, 7) is 18.3. The quantitative estimate of drug-likeness (QED) is 0.230. The van der Waals surface area contributed by atoms with Gasteiger partial charge in [0.05, 0.1) is 41.9 Å². The van der Waals surface area contributed by atoms with Gasteiger partial charge in [0.15, 0.2) is 0 Å². The van der Waals surface area contributed by atoms with Crippen LogP contribution in [0.2, 0.25) is 0 Å². The number of Topliss-reactive ketones (excluding diaryl/α,β-unsaturated/α-hetero) is 3. The smallest absolute Gasteiger partial charge is 0.314 e. The molecule has 1 saturated heterocycles. The molecule has 0 aromatic rings. The fourth-order valence-corrected chi connectivity index (χ4v) is 9.41. The van der Waals surface area contributed by atoms with E-state index >= 15 is 0 Å². The molecule has 0 aromatic carbocycles. The van der Waals surface area contributed by atoms with Gasteiger partial charge in [0.25, 0.3) is 0 Å². The molecule has 10 atom stereocenters. The van der Waals surface area contributed by atoms with E-state index in [-0.39, 0.29) is 66.9 Å². The average Bonchev–Trinajstić information content (AvgIpc) is 3.05. The van der Waals surface area contributed by atoms with Gasteiger partial charge < -0.3 is 19.3 Å². The number of fused-ring (bicyclic) bond motifs is 5. The lowest BCUT2D eigenvalue weighted by molar-refractivity contribution is -0.228. The number of hydrogen-bond acceptors (Lipinski definition) is 8. The third-order valence-electron chi connectivity index (χ3n) is 12.8. The first-order chi connectivity index (χ1) is 23.9. The summed E-state index contributed by atoms with van der Waals surface area (Å²) in [7, 11) is 1.33. The lowest BCUT2D eigenvalue weighted by Crippen LogP contribution is -2.55. The van der Waals surface area contributed by atoms with Gasteiger partial charge in [-0.2, -0.15) is 0 Å². The Morgan fingerprint density at radius 2 is 1.67 bits per heavy atom. The highest BCUT2D eigenvalue weighted by Gasteiger charge is 2.58. The van der Waals surface area contributed by atoms with Crippen molar-refractivity contribution in [2.45, 2.75) is 156 Å². The van der Waals surface area contributed by atoms with Crippen molar-refractivity contribution >= 4 is 23.3 Å². The van der Waals surface area contributed by atoms with Crippen LogP contribution >= 0.6 is 0 Å². The van der Waals surface area contributed by atoms with Crippen LogP contribution in [-0.4, -0.2) is 65.6 Å². The van der Waals surface area contributed by atoms with Crippen LogP contribution < -0.4 is 0 Å². The molecule has 0 spiro atoms. The number of carbonyl (C=O) groups is 4. The summed E-state index contributed by atoms with van der Waals surface area (Å²) < 4.78 is 18.6. The molecule has 1 N–H and O–H groups in total. The Bertz CT molecular complexity index is 1400. The SMILES string of the molecule is CCOC1(C)CCC2OC1CCC(C)=CC1C(=CCC2(C)O)C(C)=CC2C(=O)CC(C)CCCC(C)C(=O)CC(C(C)C)C(=O)CC21C(=O)OC. The number of methoxy groups -OCH3 is 1. The van der Waals surface area contributed by atoms with E-state index in [9.17, 15) is 24.3 Å². The Balaban J connectivity index is 1.96. The van der Waals surface area contributed by atoms with E-state index < -0.39 is 46.4 Å². The van der Waals surface area contributed by atoms with Crippen molar-refractivity contribution in [1.29, 1.82) is 0 Å². The van der Waals surface area contributed by atoms with Crippen molar-refractivity contribution in [3.8, 4) is 0 Å². The van der Waals surface area contributed by atoms with Crippen LogP contribution in [0.4, 0.5) is 0 Å². The van der Waals surface area contributed by atoms with Crippen molar-refractivity contribution in [2.75, 3.05) is 13.7 Å². The van der Waals surface area contributed by atoms with Crippen molar-refractivity contribution in [3.63, 3.8) is 0 Å². The molecule has 0 radical (unpaired) electrons. The number of allylic oxidation sites excluding steroid dienone is 5. The van der Waals surface area contributed by atoms with Crippen LogP contribution in [0, 0.1) is 40.9 Å². The van der Waals surface area contributed by atoms with Crippen LogP contribution in [0.1, 0.15) is 133 Å². The molecule has 2 aliphatic heterocycles. The summed E-state index contributed by atoms with van der Waals surface area (Å²) in [4.78, 5) is 57.5. The van der Waals surface area contributed by atoms with Gasteiger partial charge in [-0.25, -0.2) is 0 Å². The molecule has 286 valence electrons. The van der Waals surface area contributed by atoms with Crippen LogP contribution in [0.3, 0.4) is 0 Å². The van der Waals surface area contributed by atoms with Crippen LogP contribution in [0.25, 0.3) is 0 Å². The molecule has 2 aliphatic carbocycles. The maximum Gasteiger partial charge on any atom is 0.314 e. The Hall–Kier alpha value is -2.42. The largest absolute Gasteiger partial charge is 0.469 e. The van der Waals surface area contributed by atoms with Crippen LogP contribution in [0.5, 0.6) is 0 Å². The molecule has 0 amide bonds. The number of aliphatic hydroxyl groups is 1. The van der Waals surface area contributed by atoms with Gasteiger partial charge in [0.1, 0.15) is 17.3 Å². The zero-order chi connectivity index (χ0) is 37.9. The summed E-state index contributed by atoms with van der Waals surface area (Å²) in [5.41, 5.74) is -0.617. The first kappa shape index (κ1) is 41.3. The van der Waals surface area contributed by atoms with Gasteiger partial charge in [0, 0.05) is 43.6 Å². The minimum atomic E-state index is -1.57. The Morgan fingerprint density at radius 3 is 2.31 bits per heavy atom. The Kier molecular flexibility index (Phi) is 13.6. The normalized spacial score (nSPS) is 39.3. The third kappa shape index (κ3) is 8.87. The number of rotatable bonds is 4. The molecular weight excluding hydrogens is 644 g/mol. The molecule has 2 fully saturated rings. The summed E-state index contributed by atoms with van der Waals surface area (Å²) in [5, 5.41) is 12.0. The van der Waals surface area contributed by atoms with E-state index in [0.29, 0.717) is 25.9 Å². The van der Waals surface area contributed by atoms with Gasteiger partial charge in [-0.05, 0) is 90.6 Å². The first-order valence-corrected chi connectivity index (χ1v) is 19.6. The van der Waals surface area contributed by atoms with Crippen molar-refractivity contribution in [1.82, 2.24) is 0 Å². The van der Waals surface area contributed by atoms with Crippen molar-refractivity contribution < 1.29 is 38.5 Å². The maximum atomic E-state index is 14.7. The highest BCUT2D eigenvalue weighted by molar-refractivity contribution is 5.98. The highest BCUT2D eigenvalue weighted by atomic mass is 16.6. The predicted octanol–water partition coefficient (Wildman–Crippen LogP) is 8.09. The van der Waals surface area contributed by atoms with E-state index in [2.05, 4.69) is 19.9 Å². The van der Waals surface area contributed by atoms with E-state index in [1.165, 1.54) is 7.11 Å². The lowest BCUT2D eigenvalue weighted by Gasteiger charge is -2.49. The monoisotopic (exact) mass is 710 g/mol. The number of carbonyl (C=O) groups excluding carboxylic acids is 4. The number of esters is 1. The number of hydrogen-bond donors (Lipinski definition) is 1.